The van der Waals surface area contributed by atoms with Gasteiger partial charge in [0.05, 0.1) is 6.61 Å². The first-order valence-corrected chi connectivity index (χ1v) is 10.2. The molecule has 1 aromatic carbocycles. The molecular weight excluding hydrogens is 344 g/mol. The van der Waals surface area contributed by atoms with Crippen molar-refractivity contribution in [1.82, 2.24) is 4.31 Å². The first-order chi connectivity index (χ1) is 12.0. The van der Waals surface area contributed by atoms with E-state index in [0.29, 0.717) is 44.2 Å². The zero-order chi connectivity index (χ0) is 17.9. The zero-order valence-corrected chi connectivity index (χ0v) is 15.2. The molecule has 8 heteroatoms. The molecule has 1 aromatic rings. The van der Waals surface area contributed by atoms with Crippen molar-refractivity contribution in [1.29, 1.82) is 0 Å². The minimum absolute atomic E-state index is 0.0985. The number of hydrogen-bond donors (Lipinski definition) is 1. The summed E-state index contributed by atoms with van der Waals surface area (Å²) < 4.78 is 38.2. The molecular formula is C17H24N2O5S. The summed E-state index contributed by atoms with van der Waals surface area (Å²) in [7, 11) is -3.64. The van der Waals surface area contributed by atoms with Gasteiger partial charge in [0, 0.05) is 25.4 Å². The Morgan fingerprint density at radius 2 is 2.08 bits per heavy atom. The third-order valence-corrected chi connectivity index (χ3v) is 6.34. The van der Waals surface area contributed by atoms with Crippen LogP contribution < -0.4 is 10.1 Å². The van der Waals surface area contributed by atoms with Gasteiger partial charge in [0.1, 0.15) is 16.7 Å². The van der Waals surface area contributed by atoms with Crippen molar-refractivity contribution in [2.24, 2.45) is 0 Å². The summed E-state index contributed by atoms with van der Waals surface area (Å²) in [5.74, 6) is 0.0655. The van der Waals surface area contributed by atoms with Crippen LogP contribution in [0.5, 0.6) is 5.75 Å². The lowest BCUT2D eigenvalue weighted by Crippen LogP contribution is -2.29. The minimum atomic E-state index is -3.64. The van der Waals surface area contributed by atoms with Gasteiger partial charge < -0.3 is 14.8 Å². The Kier molecular flexibility index (Phi) is 5.61. The Morgan fingerprint density at radius 1 is 1.32 bits per heavy atom. The molecule has 1 amide bonds. The predicted molar refractivity (Wildman–Crippen MR) is 93.2 cm³/mol. The van der Waals surface area contributed by atoms with Crippen LogP contribution in [-0.4, -0.2) is 51.0 Å². The molecule has 25 heavy (non-hydrogen) atoms. The molecule has 7 nitrogen and oxygen atoms in total. The summed E-state index contributed by atoms with van der Waals surface area (Å²) in [5.41, 5.74) is 0.432. The van der Waals surface area contributed by atoms with Gasteiger partial charge >= 0.3 is 0 Å². The number of carbonyl (C=O) groups excluding carboxylic acids is 1. The summed E-state index contributed by atoms with van der Waals surface area (Å²) >= 11 is 0. The highest BCUT2D eigenvalue weighted by atomic mass is 32.2. The standard InChI is InChI=1S/C17H24N2O5S/c1-2-23-14-8-7-13(18-17(20)15-6-5-11-24-15)12-16(14)25(21,22)19-9-3-4-10-19/h7-8,12,15H,2-6,9-11H2,1H3,(H,18,20)/t15-/m1/s1. The molecule has 0 aromatic heterocycles. The maximum absolute atomic E-state index is 12.9. The molecule has 138 valence electrons. The summed E-state index contributed by atoms with van der Waals surface area (Å²) in [6.07, 6.45) is 2.79. The Hall–Kier alpha value is -1.64. The monoisotopic (exact) mass is 368 g/mol. The molecule has 0 unspecified atom stereocenters. The number of nitrogens with one attached hydrogen (secondary N) is 1. The van der Waals surface area contributed by atoms with Crippen LogP contribution in [0.2, 0.25) is 0 Å². The van der Waals surface area contributed by atoms with Gasteiger partial charge in [-0.15, -0.1) is 0 Å². The topological polar surface area (TPSA) is 84.9 Å². The highest BCUT2D eigenvalue weighted by Crippen LogP contribution is 2.32. The zero-order valence-electron chi connectivity index (χ0n) is 14.4. The van der Waals surface area contributed by atoms with Crippen molar-refractivity contribution >= 4 is 21.6 Å². The molecule has 0 bridgehead atoms. The minimum Gasteiger partial charge on any atom is -0.492 e. The molecule has 0 aliphatic carbocycles. The Balaban J connectivity index is 1.87. The van der Waals surface area contributed by atoms with E-state index in [2.05, 4.69) is 5.32 Å². The molecule has 0 saturated carbocycles. The van der Waals surface area contributed by atoms with Crippen LogP contribution >= 0.6 is 0 Å². The van der Waals surface area contributed by atoms with Gasteiger partial charge in [0.15, 0.2) is 0 Å². The van der Waals surface area contributed by atoms with E-state index in [4.69, 9.17) is 9.47 Å². The maximum Gasteiger partial charge on any atom is 0.253 e. The van der Waals surface area contributed by atoms with Gasteiger partial charge in [-0.3, -0.25) is 4.79 Å². The summed E-state index contributed by atoms with van der Waals surface area (Å²) in [6, 6.07) is 4.73. The molecule has 0 spiro atoms. The van der Waals surface area contributed by atoms with Crippen molar-refractivity contribution in [3.8, 4) is 5.75 Å². The second kappa shape index (κ2) is 7.72. The summed E-state index contributed by atoms with van der Waals surface area (Å²) in [4.78, 5) is 12.3. The van der Waals surface area contributed by atoms with Crippen LogP contribution in [0.1, 0.15) is 32.6 Å². The fourth-order valence-electron chi connectivity index (χ4n) is 3.14. The fraction of sp³-hybridized carbons (Fsp3) is 0.588. The molecule has 2 saturated heterocycles. The van der Waals surface area contributed by atoms with Gasteiger partial charge in [0.2, 0.25) is 10.0 Å². The molecule has 2 aliphatic rings. The fourth-order valence-corrected chi connectivity index (χ4v) is 4.81. The van der Waals surface area contributed by atoms with E-state index < -0.39 is 16.1 Å². The normalized spacial score (nSPS) is 21.4. The Labute approximate surface area is 148 Å². The van der Waals surface area contributed by atoms with Crippen LogP contribution in [0, 0.1) is 0 Å². The number of hydrogen-bond acceptors (Lipinski definition) is 5. The van der Waals surface area contributed by atoms with Crippen molar-refractivity contribution in [2.75, 3.05) is 31.6 Å². The first-order valence-electron chi connectivity index (χ1n) is 8.72. The number of rotatable bonds is 6. The van der Waals surface area contributed by atoms with Crippen molar-refractivity contribution in [2.45, 2.75) is 43.6 Å². The smallest absolute Gasteiger partial charge is 0.253 e. The van der Waals surface area contributed by atoms with Gasteiger partial charge in [-0.25, -0.2) is 8.42 Å². The van der Waals surface area contributed by atoms with E-state index in [9.17, 15) is 13.2 Å². The number of ether oxygens (including phenoxy) is 2. The molecule has 2 fully saturated rings. The molecule has 3 rings (SSSR count). The second-order valence-electron chi connectivity index (χ2n) is 6.20. The van der Waals surface area contributed by atoms with Gasteiger partial charge in [-0.2, -0.15) is 4.31 Å². The van der Waals surface area contributed by atoms with Crippen molar-refractivity contribution in [3.63, 3.8) is 0 Å². The Bertz CT molecular complexity index is 723. The number of benzene rings is 1. The van der Waals surface area contributed by atoms with E-state index >= 15 is 0 Å². The first kappa shape index (κ1) is 18.2. The third-order valence-electron chi connectivity index (χ3n) is 4.42. The summed E-state index contributed by atoms with van der Waals surface area (Å²) in [5, 5.41) is 2.75. The number of carbonyl (C=O) groups is 1. The number of nitrogens with zero attached hydrogens (tertiary/aromatic N) is 1. The Morgan fingerprint density at radius 3 is 2.72 bits per heavy atom. The highest BCUT2D eigenvalue weighted by molar-refractivity contribution is 7.89. The highest BCUT2D eigenvalue weighted by Gasteiger charge is 2.31. The molecule has 2 aliphatic heterocycles. The maximum atomic E-state index is 12.9. The molecule has 1 N–H and O–H groups in total. The average Bonchev–Trinajstić information content (AvgIpc) is 3.30. The van der Waals surface area contributed by atoms with E-state index in [-0.39, 0.29) is 10.8 Å². The lowest BCUT2D eigenvalue weighted by molar-refractivity contribution is -0.124. The van der Waals surface area contributed by atoms with Crippen molar-refractivity contribution in [3.05, 3.63) is 18.2 Å². The number of sulfonamides is 1. The third kappa shape index (κ3) is 3.96. The average molecular weight is 368 g/mol. The van der Waals surface area contributed by atoms with Crippen LogP contribution in [0.4, 0.5) is 5.69 Å². The van der Waals surface area contributed by atoms with Gasteiger partial charge in [0.25, 0.3) is 5.91 Å². The molecule has 1 atom stereocenters. The van der Waals surface area contributed by atoms with Crippen LogP contribution in [0.25, 0.3) is 0 Å². The number of amides is 1. The van der Waals surface area contributed by atoms with E-state index in [0.717, 1.165) is 19.3 Å². The van der Waals surface area contributed by atoms with Crippen LogP contribution in [0.3, 0.4) is 0 Å². The quantitative estimate of drug-likeness (QED) is 0.830. The van der Waals surface area contributed by atoms with Gasteiger partial charge in [-0.1, -0.05) is 0 Å². The largest absolute Gasteiger partial charge is 0.492 e. The molecule has 0 radical (unpaired) electrons. The van der Waals surface area contributed by atoms with Crippen LogP contribution in [-0.2, 0) is 19.6 Å². The second-order valence-corrected chi connectivity index (χ2v) is 8.10. The SMILES string of the molecule is CCOc1ccc(NC(=O)[C@H]2CCCO2)cc1S(=O)(=O)N1CCCC1. The van der Waals surface area contributed by atoms with E-state index in [1.807, 2.05) is 0 Å². The van der Waals surface area contributed by atoms with Crippen molar-refractivity contribution < 1.29 is 22.7 Å². The lowest BCUT2D eigenvalue weighted by Gasteiger charge is -2.19. The number of anilines is 1. The van der Waals surface area contributed by atoms with Gasteiger partial charge in [-0.05, 0) is 50.8 Å². The lowest BCUT2D eigenvalue weighted by atomic mass is 10.2. The van der Waals surface area contributed by atoms with E-state index in [1.165, 1.54) is 10.4 Å². The van der Waals surface area contributed by atoms with Crippen LogP contribution in [0.15, 0.2) is 23.1 Å². The molecule has 2 heterocycles. The summed E-state index contributed by atoms with van der Waals surface area (Å²) in [6.45, 7) is 3.78. The van der Waals surface area contributed by atoms with E-state index in [1.54, 1.807) is 19.1 Å². The predicted octanol–water partition coefficient (Wildman–Crippen LogP) is 1.99.